The van der Waals surface area contributed by atoms with Gasteiger partial charge in [0.2, 0.25) is 0 Å². The zero-order chi connectivity index (χ0) is 32.3. The number of aromatic nitrogens is 3. The van der Waals surface area contributed by atoms with Crippen LogP contribution >= 0.6 is 0 Å². The van der Waals surface area contributed by atoms with Gasteiger partial charge in [-0.3, -0.25) is 0 Å². The average Bonchev–Trinajstić information content (AvgIpc) is 3.53. The Labute approximate surface area is 282 Å². The summed E-state index contributed by atoms with van der Waals surface area (Å²) in [6.45, 7) is 0. The standard InChI is InChI=1S/C45H27N3O/c1-2-12-30(13-3-1)38-25-37(26-40-39-24-33-16-8-9-17-34(33)27-41(39)49-42(38)40)45-47-43(35-20-18-28-10-4-6-14-31(28)22-35)46-44(48-45)36-21-19-29-11-5-7-15-32(29)23-36/h1-27H. The average molecular weight is 626 g/mol. The van der Waals surface area contributed by atoms with Crippen LogP contribution in [0.15, 0.2) is 168 Å². The minimum Gasteiger partial charge on any atom is -0.455 e. The van der Waals surface area contributed by atoms with Crippen LogP contribution in [0.5, 0.6) is 0 Å². The first kappa shape index (κ1) is 27.5. The second-order valence-electron chi connectivity index (χ2n) is 12.5. The van der Waals surface area contributed by atoms with Crippen molar-refractivity contribution in [1.29, 1.82) is 0 Å². The third kappa shape index (κ3) is 4.73. The molecule has 2 heterocycles. The lowest BCUT2D eigenvalue weighted by atomic mass is 9.98. The molecule has 49 heavy (non-hydrogen) atoms. The summed E-state index contributed by atoms with van der Waals surface area (Å²) in [6, 6.07) is 57.0. The van der Waals surface area contributed by atoms with Crippen molar-refractivity contribution >= 4 is 54.3 Å². The van der Waals surface area contributed by atoms with E-state index in [1.165, 1.54) is 16.2 Å². The number of hydrogen-bond acceptors (Lipinski definition) is 4. The first-order valence-corrected chi connectivity index (χ1v) is 16.4. The van der Waals surface area contributed by atoms with Gasteiger partial charge in [-0.05, 0) is 74.3 Å². The molecule has 0 unspecified atom stereocenters. The Bertz CT molecular complexity index is 2790. The number of rotatable bonds is 4. The van der Waals surface area contributed by atoms with Gasteiger partial charge in [-0.25, -0.2) is 15.0 Å². The zero-order valence-electron chi connectivity index (χ0n) is 26.3. The van der Waals surface area contributed by atoms with Crippen molar-refractivity contribution in [3.63, 3.8) is 0 Å². The molecule has 0 aliphatic rings. The molecule has 0 atom stereocenters. The summed E-state index contributed by atoms with van der Waals surface area (Å²) in [5, 5.41) is 9.02. The molecule has 0 radical (unpaired) electrons. The summed E-state index contributed by atoms with van der Waals surface area (Å²) in [4.78, 5) is 15.4. The molecule has 2 aromatic heterocycles. The molecule has 0 N–H and O–H groups in total. The van der Waals surface area contributed by atoms with E-state index >= 15 is 0 Å². The largest absolute Gasteiger partial charge is 0.455 e. The lowest BCUT2D eigenvalue weighted by molar-refractivity contribution is 0.670. The Morgan fingerprint density at radius 1 is 0.327 bits per heavy atom. The molecule has 10 rings (SSSR count). The molecule has 0 spiro atoms. The van der Waals surface area contributed by atoms with Crippen LogP contribution in [0.4, 0.5) is 0 Å². The minimum atomic E-state index is 0.607. The Morgan fingerprint density at radius 2 is 0.816 bits per heavy atom. The summed E-state index contributed by atoms with van der Waals surface area (Å²) in [5.41, 5.74) is 6.53. The van der Waals surface area contributed by atoms with Gasteiger partial charge in [0.1, 0.15) is 11.2 Å². The SMILES string of the molecule is c1ccc(-c2cc(-c3nc(-c4ccc5ccccc5c4)nc(-c4ccc5ccccc5c4)n3)cc3c2oc2cc4ccccc4cc23)cc1. The summed E-state index contributed by atoms with van der Waals surface area (Å²) in [7, 11) is 0. The van der Waals surface area contributed by atoms with Gasteiger partial charge in [-0.1, -0.05) is 127 Å². The van der Waals surface area contributed by atoms with Crippen molar-refractivity contribution < 1.29 is 4.42 Å². The third-order valence-electron chi connectivity index (χ3n) is 9.43. The fourth-order valence-corrected chi connectivity index (χ4v) is 6.94. The third-order valence-corrected chi connectivity index (χ3v) is 9.43. The molecule has 228 valence electrons. The highest BCUT2D eigenvalue weighted by Crippen LogP contribution is 2.41. The van der Waals surface area contributed by atoms with Crippen molar-refractivity contribution in [2.45, 2.75) is 0 Å². The lowest BCUT2D eigenvalue weighted by Crippen LogP contribution is -2.00. The minimum absolute atomic E-state index is 0.607. The van der Waals surface area contributed by atoms with Crippen LogP contribution in [-0.2, 0) is 0 Å². The maximum atomic E-state index is 6.65. The first-order valence-electron chi connectivity index (χ1n) is 16.4. The Balaban J connectivity index is 1.25. The van der Waals surface area contributed by atoms with Crippen LogP contribution in [0, 0.1) is 0 Å². The van der Waals surface area contributed by atoms with E-state index in [1.807, 2.05) is 6.07 Å². The number of hydrogen-bond donors (Lipinski definition) is 0. The van der Waals surface area contributed by atoms with E-state index in [1.54, 1.807) is 0 Å². The first-order chi connectivity index (χ1) is 24.2. The number of fused-ring (bicyclic) bond motifs is 6. The highest BCUT2D eigenvalue weighted by Gasteiger charge is 2.19. The normalized spacial score (nSPS) is 11.7. The molecule has 0 bridgehead atoms. The fraction of sp³-hybridized carbons (Fsp3) is 0. The van der Waals surface area contributed by atoms with Crippen LogP contribution in [0.2, 0.25) is 0 Å². The maximum absolute atomic E-state index is 6.65. The van der Waals surface area contributed by atoms with Gasteiger partial charge in [0.25, 0.3) is 0 Å². The summed E-state index contributed by atoms with van der Waals surface area (Å²) >= 11 is 0. The molecule has 10 aromatic rings. The monoisotopic (exact) mass is 625 g/mol. The van der Waals surface area contributed by atoms with E-state index in [9.17, 15) is 0 Å². The van der Waals surface area contributed by atoms with E-state index in [-0.39, 0.29) is 0 Å². The molecule has 4 heteroatoms. The van der Waals surface area contributed by atoms with Gasteiger partial charge < -0.3 is 4.42 Å². The molecule has 0 amide bonds. The molecule has 4 nitrogen and oxygen atoms in total. The van der Waals surface area contributed by atoms with Gasteiger partial charge in [0.05, 0.1) is 0 Å². The van der Waals surface area contributed by atoms with Gasteiger partial charge in [-0.15, -0.1) is 0 Å². The highest BCUT2D eigenvalue weighted by atomic mass is 16.3. The van der Waals surface area contributed by atoms with Crippen molar-refractivity contribution in [2.75, 3.05) is 0 Å². The topological polar surface area (TPSA) is 51.8 Å². The number of nitrogens with zero attached hydrogens (tertiary/aromatic N) is 3. The summed E-state index contributed by atoms with van der Waals surface area (Å²) < 4.78 is 6.65. The van der Waals surface area contributed by atoms with Crippen molar-refractivity contribution in [2.24, 2.45) is 0 Å². The van der Waals surface area contributed by atoms with Gasteiger partial charge in [0.15, 0.2) is 17.5 Å². The van der Waals surface area contributed by atoms with Crippen molar-refractivity contribution in [3.8, 4) is 45.3 Å². The van der Waals surface area contributed by atoms with E-state index in [0.717, 1.165) is 65.9 Å². The molecular formula is C45H27N3O. The van der Waals surface area contributed by atoms with Crippen LogP contribution in [0.1, 0.15) is 0 Å². The van der Waals surface area contributed by atoms with Gasteiger partial charge >= 0.3 is 0 Å². The fourth-order valence-electron chi connectivity index (χ4n) is 6.94. The van der Waals surface area contributed by atoms with E-state index in [2.05, 4.69) is 158 Å². The number of benzene rings is 8. The van der Waals surface area contributed by atoms with Crippen LogP contribution in [-0.4, -0.2) is 15.0 Å². The van der Waals surface area contributed by atoms with Crippen LogP contribution in [0.25, 0.3) is 99.5 Å². The molecule has 8 aromatic carbocycles. The lowest BCUT2D eigenvalue weighted by Gasteiger charge is -2.11. The molecule has 0 fully saturated rings. The maximum Gasteiger partial charge on any atom is 0.164 e. The molecule has 0 saturated carbocycles. The number of furan rings is 1. The highest BCUT2D eigenvalue weighted by molar-refractivity contribution is 6.14. The molecule has 0 aliphatic carbocycles. The zero-order valence-corrected chi connectivity index (χ0v) is 26.3. The van der Waals surface area contributed by atoms with Crippen LogP contribution < -0.4 is 0 Å². The van der Waals surface area contributed by atoms with Crippen LogP contribution in [0.3, 0.4) is 0 Å². The molecule has 0 saturated heterocycles. The Morgan fingerprint density at radius 3 is 1.41 bits per heavy atom. The Hall–Kier alpha value is -6.65. The second-order valence-corrected chi connectivity index (χ2v) is 12.5. The van der Waals surface area contributed by atoms with Crippen molar-refractivity contribution in [1.82, 2.24) is 15.0 Å². The van der Waals surface area contributed by atoms with Gasteiger partial charge in [-0.2, -0.15) is 0 Å². The summed E-state index contributed by atoms with van der Waals surface area (Å²) in [6.07, 6.45) is 0. The molecule has 0 aliphatic heterocycles. The second kappa shape index (κ2) is 11.0. The van der Waals surface area contributed by atoms with E-state index < -0.39 is 0 Å². The quantitative estimate of drug-likeness (QED) is 0.195. The van der Waals surface area contributed by atoms with Gasteiger partial charge in [0, 0.05) is 33.0 Å². The van der Waals surface area contributed by atoms with E-state index in [4.69, 9.17) is 19.4 Å². The van der Waals surface area contributed by atoms with E-state index in [0.29, 0.717) is 17.5 Å². The van der Waals surface area contributed by atoms with Crippen molar-refractivity contribution in [3.05, 3.63) is 164 Å². The molecular weight excluding hydrogens is 599 g/mol. The summed E-state index contributed by atoms with van der Waals surface area (Å²) in [5.74, 6) is 1.86. The smallest absolute Gasteiger partial charge is 0.164 e. The predicted molar refractivity (Wildman–Crippen MR) is 201 cm³/mol. The predicted octanol–water partition coefficient (Wildman–Crippen LogP) is 11.9. The Kier molecular flexibility index (Phi) is 6.15.